The number of benzene rings is 1. The minimum absolute atomic E-state index is 0.0375. The van der Waals surface area contributed by atoms with Gasteiger partial charge in [-0.1, -0.05) is 50.4 Å². The maximum absolute atomic E-state index is 11.8. The summed E-state index contributed by atoms with van der Waals surface area (Å²) in [6, 6.07) is 6.75. The minimum atomic E-state index is -0.340. The Labute approximate surface area is 124 Å². The van der Waals surface area contributed by atoms with Crippen molar-refractivity contribution in [3.05, 3.63) is 34.9 Å². The summed E-state index contributed by atoms with van der Waals surface area (Å²) in [7, 11) is 0. The van der Waals surface area contributed by atoms with Crippen LogP contribution in [0.3, 0.4) is 0 Å². The molecule has 20 heavy (non-hydrogen) atoms. The molecule has 5 heteroatoms. The number of halogens is 1. The third kappa shape index (κ3) is 5.21. The van der Waals surface area contributed by atoms with E-state index in [0.717, 1.165) is 12.8 Å². The summed E-state index contributed by atoms with van der Waals surface area (Å²) in [5.74, 6) is -0.0381. The average molecular weight is 297 g/mol. The van der Waals surface area contributed by atoms with Crippen molar-refractivity contribution in [2.45, 2.75) is 26.7 Å². The first-order valence-corrected chi connectivity index (χ1v) is 7.25. The van der Waals surface area contributed by atoms with Crippen molar-refractivity contribution in [1.29, 1.82) is 0 Å². The summed E-state index contributed by atoms with van der Waals surface area (Å²) in [5, 5.41) is 5.76. The molecule has 0 spiro atoms. The van der Waals surface area contributed by atoms with E-state index in [1.165, 1.54) is 0 Å². The second-order valence-electron chi connectivity index (χ2n) is 4.65. The second-order valence-corrected chi connectivity index (χ2v) is 5.06. The van der Waals surface area contributed by atoms with E-state index in [-0.39, 0.29) is 18.4 Å². The van der Waals surface area contributed by atoms with Crippen LogP contribution in [0, 0.1) is 5.92 Å². The van der Waals surface area contributed by atoms with Crippen LogP contribution in [0.1, 0.15) is 37.0 Å². The minimum Gasteiger partial charge on any atom is -0.354 e. The highest BCUT2D eigenvalue weighted by atomic mass is 35.5. The summed E-state index contributed by atoms with van der Waals surface area (Å²) in [5.41, 5.74) is 0.377. The first-order chi connectivity index (χ1) is 9.58. The van der Waals surface area contributed by atoms with Crippen molar-refractivity contribution < 1.29 is 9.59 Å². The molecule has 0 aromatic heterocycles. The zero-order valence-corrected chi connectivity index (χ0v) is 12.7. The fourth-order valence-corrected chi connectivity index (χ4v) is 2.02. The zero-order valence-electron chi connectivity index (χ0n) is 11.9. The van der Waals surface area contributed by atoms with E-state index >= 15 is 0 Å². The summed E-state index contributed by atoms with van der Waals surface area (Å²) < 4.78 is 0. The van der Waals surface area contributed by atoms with E-state index in [1.807, 2.05) is 0 Å². The van der Waals surface area contributed by atoms with E-state index in [0.29, 0.717) is 23.0 Å². The number of rotatable bonds is 7. The van der Waals surface area contributed by atoms with Crippen molar-refractivity contribution in [2.24, 2.45) is 5.92 Å². The highest BCUT2D eigenvalue weighted by Crippen LogP contribution is 2.14. The van der Waals surface area contributed by atoms with Crippen LogP contribution in [0.25, 0.3) is 0 Å². The highest BCUT2D eigenvalue weighted by Gasteiger charge is 2.11. The fraction of sp³-hybridized carbons (Fsp3) is 0.467. The van der Waals surface area contributed by atoms with Gasteiger partial charge in [0.05, 0.1) is 17.1 Å². The van der Waals surface area contributed by atoms with Gasteiger partial charge in [0.2, 0.25) is 5.91 Å². The Hall–Kier alpha value is -1.55. The monoisotopic (exact) mass is 296 g/mol. The van der Waals surface area contributed by atoms with Gasteiger partial charge < -0.3 is 10.6 Å². The van der Waals surface area contributed by atoms with Gasteiger partial charge in [0.15, 0.2) is 0 Å². The summed E-state index contributed by atoms with van der Waals surface area (Å²) in [6.07, 6.45) is 2.06. The molecule has 1 aromatic carbocycles. The standard InChI is InChI=1S/C15H21ClN2O2/c1-3-11(4-2)9-17-14(19)10-18-15(20)12-7-5-6-8-13(12)16/h5-8,11H,3-4,9-10H2,1-2H3,(H,17,19)(H,18,20). The van der Waals surface area contributed by atoms with E-state index in [1.54, 1.807) is 24.3 Å². The van der Waals surface area contributed by atoms with Crippen LogP contribution in [0.5, 0.6) is 0 Å². The van der Waals surface area contributed by atoms with Crippen LogP contribution in [0.15, 0.2) is 24.3 Å². The number of hydrogen-bond acceptors (Lipinski definition) is 2. The van der Waals surface area contributed by atoms with Crippen molar-refractivity contribution in [3.8, 4) is 0 Å². The van der Waals surface area contributed by atoms with Crippen molar-refractivity contribution in [2.75, 3.05) is 13.1 Å². The Balaban J connectivity index is 2.38. The molecule has 4 nitrogen and oxygen atoms in total. The normalized spacial score (nSPS) is 10.4. The Morgan fingerprint density at radius 2 is 1.80 bits per heavy atom. The number of carbonyl (C=O) groups is 2. The van der Waals surface area contributed by atoms with Crippen molar-refractivity contribution >= 4 is 23.4 Å². The second kappa shape index (κ2) is 8.59. The molecule has 0 bridgehead atoms. The van der Waals surface area contributed by atoms with Crippen LogP contribution in [-0.4, -0.2) is 24.9 Å². The molecule has 0 aliphatic heterocycles. The largest absolute Gasteiger partial charge is 0.354 e. The highest BCUT2D eigenvalue weighted by molar-refractivity contribution is 6.33. The maximum atomic E-state index is 11.8. The van der Waals surface area contributed by atoms with Crippen LogP contribution in [-0.2, 0) is 4.79 Å². The molecule has 0 aliphatic carbocycles. The predicted molar refractivity (Wildman–Crippen MR) is 80.9 cm³/mol. The number of carbonyl (C=O) groups excluding carboxylic acids is 2. The zero-order chi connectivity index (χ0) is 15.0. The molecule has 2 N–H and O–H groups in total. The van der Waals surface area contributed by atoms with Crippen LogP contribution in [0.2, 0.25) is 5.02 Å². The van der Waals surface area contributed by atoms with Crippen LogP contribution in [0.4, 0.5) is 0 Å². The lowest BCUT2D eigenvalue weighted by atomic mass is 10.0. The first-order valence-electron chi connectivity index (χ1n) is 6.87. The van der Waals surface area contributed by atoms with Crippen LogP contribution < -0.4 is 10.6 Å². The molecule has 2 amide bonds. The lowest BCUT2D eigenvalue weighted by Crippen LogP contribution is -2.38. The molecule has 0 unspecified atom stereocenters. The summed E-state index contributed by atoms with van der Waals surface area (Å²) >= 11 is 5.91. The molecule has 0 aliphatic rings. The molecule has 0 saturated carbocycles. The molecule has 0 atom stereocenters. The van der Waals surface area contributed by atoms with Gasteiger partial charge in [-0.3, -0.25) is 9.59 Å². The van der Waals surface area contributed by atoms with Gasteiger partial charge in [-0.05, 0) is 18.1 Å². The van der Waals surface area contributed by atoms with Crippen molar-refractivity contribution in [3.63, 3.8) is 0 Å². The van der Waals surface area contributed by atoms with E-state index in [4.69, 9.17) is 11.6 Å². The SMILES string of the molecule is CCC(CC)CNC(=O)CNC(=O)c1ccccc1Cl. The van der Waals surface area contributed by atoms with Gasteiger partial charge in [0.25, 0.3) is 5.91 Å². The quantitative estimate of drug-likeness (QED) is 0.812. The van der Waals surface area contributed by atoms with Crippen LogP contribution >= 0.6 is 11.6 Å². The maximum Gasteiger partial charge on any atom is 0.253 e. The van der Waals surface area contributed by atoms with E-state index in [2.05, 4.69) is 24.5 Å². The molecular weight excluding hydrogens is 276 g/mol. The topological polar surface area (TPSA) is 58.2 Å². The lowest BCUT2D eigenvalue weighted by Gasteiger charge is -2.13. The van der Waals surface area contributed by atoms with Gasteiger partial charge in [0, 0.05) is 6.54 Å². The third-order valence-corrected chi connectivity index (χ3v) is 3.60. The fourth-order valence-electron chi connectivity index (χ4n) is 1.80. The molecule has 1 rings (SSSR count). The van der Waals surface area contributed by atoms with Gasteiger partial charge in [0.1, 0.15) is 0 Å². The average Bonchev–Trinajstić information content (AvgIpc) is 2.46. The number of hydrogen-bond donors (Lipinski definition) is 2. The molecule has 0 heterocycles. The first kappa shape index (κ1) is 16.5. The molecule has 0 radical (unpaired) electrons. The number of amides is 2. The summed E-state index contributed by atoms with van der Waals surface area (Å²) in [6.45, 7) is 4.80. The Kier molecular flexibility index (Phi) is 7.09. The third-order valence-electron chi connectivity index (χ3n) is 3.27. The van der Waals surface area contributed by atoms with Crippen molar-refractivity contribution in [1.82, 2.24) is 10.6 Å². The molecule has 0 fully saturated rings. The lowest BCUT2D eigenvalue weighted by molar-refractivity contribution is -0.120. The van der Waals surface area contributed by atoms with Gasteiger partial charge >= 0.3 is 0 Å². The predicted octanol–water partition coefficient (Wildman–Crippen LogP) is 2.62. The Morgan fingerprint density at radius 3 is 2.40 bits per heavy atom. The van der Waals surface area contributed by atoms with Gasteiger partial charge in [-0.15, -0.1) is 0 Å². The molecule has 110 valence electrons. The van der Waals surface area contributed by atoms with Gasteiger partial charge in [-0.2, -0.15) is 0 Å². The van der Waals surface area contributed by atoms with Gasteiger partial charge in [-0.25, -0.2) is 0 Å². The van der Waals surface area contributed by atoms with E-state index in [9.17, 15) is 9.59 Å². The molecule has 0 saturated heterocycles. The smallest absolute Gasteiger partial charge is 0.253 e. The Morgan fingerprint density at radius 1 is 1.15 bits per heavy atom. The summed E-state index contributed by atoms with van der Waals surface area (Å²) in [4.78, 5) is 23.5. The Bertz CT molecular complexity index is 459. The molecular formula is C15H21ClN2O2. The molecule has 1 aromatic rings. The van der Waals surface area contributed by atoms with E-state index < -0.39 is 0 Å². The number of nitrogens with one attached hydrogen (secondary N) is 2.